The van der Waals surface area contributed by atoms with Crippen LogP contribution in [0.3, 0.4) is 0 Å². The first-order valence-electron chi connectivity index (χ1n) is 1.45. The van der Waals surface area contributed by atoms with Crippen molar-refractivity contribution in [2.75, 3.05) is 13.3 Å². The molecule has 0 spiro atoms. The van der Waals surface area contributed by atoms with Gasteiger partial charge in [0.05, 0.1) is 0 Å². The van der Waals surface area contributed by atoms with E-state index in [2.05, 4.69) is 4.72 Å². The van der Waals surface area contributed by atoms with Gasteiger partial charge in [-0.1, -0.05) is 0 Å². The average molecular weight is 125 g/mol. The lowest BCUT2D eigenvalue weighted by Crippen LogP contribution is -2.12. The largest absolute Gasteiger partial charge is 0.586 e. The molecule has 38 valence electrons. The molecule has 0 fully saturated rings. The summed E-state index contributed by atoms with van der Waals surface area (Å²) in [6, 6.07) is 0. The minimum Gasteiger partial charge on any atom is -0.586 e. The molecule has 1 unspecified atom stereocenters. The van der Waals surface area contributed by atoms with Gasteiger partial charge in [-0.15, -0.1) is 4.72 Å². The monoisotopic (exact) mass is 125 g/mol. The molecule has 0 aromatic heterocycles. The van der Waals surface area contributed by atoms with E-state index in [-0.39, 0.29) is 0 Å². The number of hydrogen-bond acceptors (Lipinski definition) is 3. The van der Waals surface area contributed by atoms with Crippen molar-refractivity contribution in [2.24, 2.45) is 0 Å². The summed E-state index contributed by atoms with van der Waals surface area (Å²) in [5, 5.41) is 0. The van der Waals surface area contributed by atoms with Gasteiger partial charge >= 0.3 is 0 Å². The van der Waals surface area contributed by atoms with Crippen molar-refractivity contribution in [1.82, 2.24) is 4.72 Å². The highest BCUT2D eigenvalue weighted by Crippen LogP contribution is 2.00. The van der Waals surface area contributed by atoms with E-state index in [1.54, 1.807) is 13.3 Å². The Morgan fingerprint density at radius 2 is 2.33 bits per heavy atom. The Morgan fingerprint density at radius 1 is 1.83 bits per heavy atom. The summed E-state index contributed by atoms with van der Waals surface area (Å²) in [5.41, 5.74) is 0. The third kappa shape index (κ3) is 2.84. The quantitative estimate of drug-likeness (QED) is 0.421. The molecule has 0 bridgehead atoms. The molecule has 0 saturated heterocycles. The minimum atomic E-state index is -0.867. The van der Waals surface area contributed by atoms with Crippen LogP contribution in [0.4, 0.5) is 0 Å². The van der Waals surface area contributed by atoms with Gasteiger partial charge in [0, 0.05) is 13.3 Å². The van der Waals surface area contributed by atoms with Crippen LogP contribution in [0.25, 0.3) is 0 Å². The molecule has 1 N–H and O–H groups in total. The van der Waals surface area contributed by atoms with Crippen LogP contribution in [0.5, 0.6) is 0 Å². The molecule has 0 amide bonds. The molecule has 0 aromatic rings. The highest BCUT2D eigenvalue weighted by molar-refractivity contribution is 8.71. The van der Waals surface area contributed by atoms with Crippen molar-refractivity contribution in [1.29, 1.82) is 0 Å². The Morgan fingerprint density at radius 3 is 2.33 bits per heavy atom. The van der Waals surface area contributed by atoms with Crippen LogP contribution in [0, 0.1) is 0 Å². The summed E-state index contributed by atoms with van der Waals surface area (Å²) in [6.45, 7) is 0. The van der Waals surface area contributed by atoms with Crippen LogP contribution in [-0.2, 0) is 10.4 Å². The molecule has 0 rings (SSSR count). The lowest BCUT2D eigenvalue weighted by molar-refractivity contribution is 0.602. The molecule has 1 atom stereocenters. The maximum Gasteiger partial charge on any atom is 0.112 e. The Kier molecular flexibility index (Phi) is 4.19. The summed E-state index contributed by atoms with van der Waals surface area (Å²) < 4.78 is 12.7. The normalized spacial score (nSPS) is 14.5. The predicted octanol–water partition coefficient (Wildman–Crippen LogP) is 0.147. The van der Waals surface area contributed by atoms with Crippen LogP contribution < -0.4 is 4.72 Å². The highest BCUT2D eigenvalue weighted by Gasteiger charge is 1.93. The fraction of sp³-hybridized carbons (Fsp3) is 1.00. The van der Waals surface area contributed by atoms with E-state index >= 15 is 0 Å². The Bertz CT molecular complexity index is 30.7. The summed E-state index contributed by atoms with van der Waals surface area (Å²) >= 11 is 0. The molecule has 0 radical (unpaired) electrons. The average Bonchev–Trinajstić information content (AvgIpc) is 1.65. The highest BCUT2D eigenvalue weighted by atomic mass is 33.1. The molecule has 0 aliphatic rings. The van der Waals surface area contributed by atoms with Gasteiger partial charge in [0.1, 0.15) is 21.2 Å². The third-order valence-electron chi connectivity index (χ3n) is 0.318. The lowest BCUT2D eigenvalue weighted by atomic mass is 11.6. The number of rotatable bonds is 2. The van der Waals surface area contributed by atoms with Gasteiger partial charge < -0.3 is 4.55 Å². The molecule has 2 nitrogen and oxygen atoms in total. The van der Waals surface area contributed by atoms with Gasteiger partial charge in [0.2, 0.25) is 0 Å². The fourth-order valence-electron chi connectivity index (χ4n) is 0.0833. The maximum atomic E-state index is 10.1. The van der Waals surface area contributed by atoms with E-state index in [1.807, 2.05) is 0 Å². The van der Waals surface area contributed by atoms with E-state index in [4.69, 9.17) is 0 Å². The van der Waals surface area contributed by atoms with E-state index in [0.717, 1.165) is 0 Å². The molecular formula is C2H7NOS2. The second kappa shape index (κ2) is 3.80. The zero-order chi connectivity index (χ0) is 4.99. The van der Waals surface area contributed by atoms with Crippen molar-refractivity contribution in [2.45, 2.75) is 0 Å². The fourth-order valence-corrected chi connectivity index (χ4v) is 0.750. The standard InChI is InChI=1S/C2H7NOS2/c1-3-6(4)5-2/h3H,1-2H3. The molecule has 4 heteroatoms. The van der Waals surface area contributed by atoms with Crippen LogP contribution in [0.1, 0.15) is 0 Å². The van der Waals surface area contributed by atoms with Crippen LogP contribution in [-0.4, -0.2) is 17.9 Å². The van der Waals surface area contributed by atoms with Gasteiger partial charge in [0.25, 0.3) is 0 Å². The maximum absolute atomic E-state index is 10.1. The molecule has 0 saturated carbocycles. The second-order valence-electron chi connectivity index (χ2n) is 0.605. The smallest absolute Gasteiger partial charge is 0.112 e. The van der Waals surface area contributed by atoms with Crippen molar-refractivity contribution >= 4 is 21.2 Å². The number of hydrogen-bond donors (Lipinski definition) is 1. The van der Waals surface area contributed by atoms with Crippen LogP contribution in [0.15, 0.2) is 0 Å². The molecule has 0 heterocycles. The van der Waals surface area contributed by atoms with Gasteiger partial charge in [-0.05, 0) is 0 Å². The molecule has 0 aromatic carbocycles. The van der Waals surface area contributed by atoms with Crippen molar-refractivity contribution in [3.8, 4) is 0 Å². The zero-order valence-corrected chi connectivity index (χ0v) is 5.36. The van der Waals surface area contributed by atoms with E-state index < -0.39 is 10.4 Å². The minimum absolute atomic E-state index is 0.867. The predicted molar refractivity (Wildman–Crippen MR) is 30.7 cm³/mol. The molecule has 0 aliphatic heterocycles. The first-order valence-corrected chi connectivity index (χ1v) is 4.34. The van der Waals surface area contributed by atoms with Crippen molar-refractivity contribution in [3.05, 3.63) is 0 Å². The third-order valence-corrected chi connectivity index (χ3v) is 2.36. The Balaban J connectivity index is 2.75. The lowest BCUT2D eigenvalue weighted by Gasteiger charge is -1.98. The first kappa shape index (κ1) is 6.62. The van der Waals surface area contributed by atoms with E-state index in [9.17, 15) is 4.55 Å². The molecular weight excluding hydrogens is 118 g/mol. The van der Waals surface area contributed by atoms with E-state index in [0.29, 0.717) is 0 Å². The molecule has 6 heavy (non-hydrogen) atoms. The summed E-state index contributed by atoms with van der Waals surface area (Å²) in [5.74, 6) is 0. The summed E-state index contributed by atoms with van der Waals surface area (Å²) in [4.78, 5) is 0. The summed E-state index contributed by atoms with van der Waals surface area (Å²) in [7, 11) is 2.08. The second-order valence-corrected chi connectivity index (χ2v) is 3.72. The van der Waals surface area contributed by atoms with Gasteiger partial charge in [0.15, 0.2) is 0 Å². The Labute approximate surface area is 44.4 Å². The van der Waals surface area contributed by atoms with Crippen LogP contribution >= 0.6 is 10.8 Å². The van der Waals surface area contributed by atoms with Crippen LogP contribution in [0.2, 0.25) is 0 Å². The SMILES string of the molecule is CN[S+]([O-])SC. The van der Waals surface area contributed by atoms with Gasteiger partial charge in [-0.2, -0.15) is 0 Å². The molecule has 0 aliphatic carbocycles. The van der Waals surface area contributed by atoms with Crippen molar-refractivity contribution < 1.29 is 4.55 Å². The van der Waals surface area contributed by atoms with E-state index in [1.165, 1.54) is 10.8 Å². The number of nitrogens with one attached hydrogen (secondary N) is 1. The first-order chi connectivity index (χ1) is 2.81. The summed E-state index contributed by atoms with van der Waals surface area (Å²) in [6.07, 6.45) is 1.78. The van der Waals surface area contributed by atoms with Crippen molar-refractivity contribution in [3.63, 3.8) is 0 Å². The Hall–Kier alpha value is 0.620. The van der Waals surface area contributed by atoms with Gasteiger partial charge in [-0.3, -0.25) is 0 Å². The van der Waals surface area contributed by atoms with Gasteiger partial charge in [-0.25, -0.2) is 0 Å². The topological polar surface area (TPSA) is 35.1 Å². The zero-order valence-electron chi connectivity index (χ0n) is 3.72.